The van der Waals surface area contributed by atoms with Crippen LogP contribution in [0.5, 0.6) is 0 Å². The maximum atomic E-state index is 8.36. The minimum absolute atomic E-state index is 0.250. The Bertz CT molecular complexity index is 742. The minimum Gasteiger partial charge on any atom is -0.483 e. The number of halogens is 2. The largest absolute Gasteiger partial charge is 0.483 e. The van der Waals surface area contributed by atoms with E-state index in [1.165, 1.54) is 0 Å². The quantitative estimate of drug-likeness (QED) is 0.692. The number of nitrogens with one attached hydrogen (secondary N) is 1. The van der Waals surface area contributed by atoms with Gasteiger partial charge in [0.15, 0.2) is 0 Å². The van der Waals surface area contributed by atoms with Crippen LogP contribution in [0.4, 0.5) is 0 Å². The van der Waals surface area contributed by atoms with Crippen LogP contribution in [0.15, 0.2) is 42.5 Å². The third-order valence-corrected chi connectivity index (χ3v) is 4.50. The highest BCUT2D eigenvalue weighted by Crippen LogP contribution is 2.34. The zero-order chi connectivity index (χ0) is 18.4. The second-order valence-electron chi connectivity index (χ2n) is 5.83. The molecule has 2 aromatic rings. The van der Waals surface area contributed by atoms with Crippen molar-refractivity contribution in [1.29, 1.82) is 0 Å². The van der Waals surface area contributed by atoms with Crippen molar-refractivity contribution in [2.45, 2.75) is 18.8 Å². The Labute approximate surface area is 156 Å². The summed E-state index contributed by atoms with van der Waals surface area (Å²) < 4.78 is 5.96. The van der Waals surface area contributed by atoms with E-state index in [9.17, 15) is 0 Å². The molecule has 2 unspecified atom stereocenters. The van der Waals surface area contributed by atoms with E-state index in [0.717, 1.165) is 16.7 Å². The number of rotatable bonds is 2. The van der Waals surface area contributed by atoms with E-state index in [1.807, 2.05) is 37.3 Å². The summed E-state index contributed by atoms with van der Waals surface area (Å²) >= 11 is 12.4. The first-order valence-electron chi connectivity index (χ1n) is 7.67. The molecule has 134 valence electrons. The van der Waals surface area contributed by atoms with E-state index in [0.29, 0.717) is 23.1 Å². The van der Waals surface area contributed by atoms with Gasteiger partial charge < -0.3 is 20.9 Å². The molecule has 25 heavy (non-hydrogen) atoms. The van der Waals surface area contributed by atoms with Gasteiger partial charge in [-0.05, 0) is 42.3 Å². The Morgan fingerprint density at radius 1 is 1.32 bits per heavy atom. The zero-order valence-corrected chi connectivity index (χ0v) is 15.2. The van der Waals surface area contributed by atoms with Gasteiger partial charge in [0.05, 0.1) is 0 Å². The van der Waals surface area contributed by atoms with Gasteiger partial charge in [-0.25, -0.2) is 0 Å². The summed E-state index contributed by atoms with van der Waals surface area (Å²) in [6, 6.07) is 13.6. The van der Waals surface area contributed by atoms with Crippen molar-refractivity contribution < 1.29 is 14.6 Å². The van der Waals surface area contributed by atoms with Crippen LogP contribution in [0.3, 0.4) is 0 Å². The van der Waals surface area contributed by atoms with Gasteiger partial charge in [-0.1, -0.05) is 41.4 Å². The predicted octanol–water partition coefficient (Wildman–Crippen LogP) is 3.48. The molecule has 5 nitrogen and oxygen atoms in total. The molecule has 4 N–H and O–H groups in total. The van der Waals surface area contributed by atoms with Crippen molar-refractivity contribution in [3.05, 3.63) is 58.1 Å². The monoisotopic (exact) mass is 382 g/mol. The first-order valence-corrected chi connectivity index (χ1v) is 8.43. The molecule has 2 aromatic carbocycles. The van der Waals surface area contributed by atoms with Crippen LogP contribution in [0.1, 0.15) is 12.5 Å². The van der Waals surface area contributed by atoms with E-state index in [4.69, 9.17) is 43.6 Å². The molecule has 1 aliphatic rings. The van der Waals surface area contributed by atoms with Crippen LogP contribution in [-0.4, -0.2) is 30.9 Å². The van der Waals surface area contributed by atoms with Crippen molar-refractivity contribution in [3.63, 3.8) is 0 Å². The van der Waals surface area contributed by atoms with Crippen LogP contribution >= 0.6 is 23.2 Å². The molecule has 1 aliphatic heterocycles. The molecule has 0 spiro atoms. The van der Waals surface area contributed by atoms with Crippen molar-refractivity contribution in [3.8, 4) is 11.1 Å². The molecular formula is C18H20Cl2N2O3. The highest BCUT2D eigenvalue weighted by Gasteiger charge is 2.33. The van der Waals surface area contributed by atoms with Gasteiger partial charge in [0, 0.05) is 28.7 Å². The normalized spacial score (nSPS) is 22.6. The van der Waals surface area contributed by atoms with Crippen LogP contribution in [0, 0.1) is 0 Å². The number of carbonyl (C=O) groups is 1. The van der Waals surface area contributed by atoms with E-state index in [2.05, 4.69) is 11.4 Å². The lowest BCUT2D eigenvalue weighted by Gasteiger charge is -2.38. The third kappa shape index (κ3) is 4.93. The summed E-state index contributed by atoms with van der Waals surface area (Å²) in [4.78, 5) is 8.36. The van der Waals surface area contributed by atoms with Gasteiger partial charge >= 0.3 is 0 Å². The fourth-order valence-electron chi connectivity index (χ4n) is 2.77. The first kappa shape index (κ1) is 19.7. The fraction of sp³-hybridized carbons (Fsp3) is 0.278. The van der Waals surface area contributed by atoms with Crippen molar-refractivity contribution in [2.24, 2.45) is 5.73 Å². The Morgan fingerprint density at radius 2 is 2.04 bits per heavy atom. The number of morpholine rings is 1. The molecule has 7 heteroatoms. The van der Waals surface area contributed by atoms with E-state index in [-0.39, 0.29) is 12.7 Å². The average molecular weight is 383 g/mol. The number of benzene rings is 2. The molecule has 0 saturated carbocycles. The number of hydrogen-bond donors (Lipinski definition) is 3. The number of ether oxygens (including phenoxy) is 1. The second-order valence-corrected chi connectivity index (χ2v) is 6.67. The summed E-state index contributed by atoms with van der Waals surface area (Å²) in [5, 5.41) is 11.5. The van der Waals surface area contributed by atoms with Crippen LogP contribution < -0.4 is 11.1 Å². The molecule has 0 amide bonds. The maximum absolute atomic E-state index is 8.36. The topological polar surface area (TPSA) is 84.6 Å². The summed E-state index contributed by atoms with van der Waals surface area (Å²) in [6.45, 7) is 3.17. The number of hydrogen-bond acceptors (Lipinski definition) is 4. The van der Waals surface area contributed by atoms with Gasteiger partial charge in [-0.2, -0.15) is 0 Å². The smallest absolute Gasteiger partial charge is 0.290 e. The Morgan fingerprint density at radius 3 is 2.72 bits per heavy atom. The molecule has 0 aliphatic carbocycles. The minimum atomic E-state index is -0.460. The SMILES string of the molecule is CC1(c2cccc(-c3cc(Cl)ccc3Cl)c2)CNCC(N)O1.O=CO. The van der Waals surface area contributed by atoms with E-state index in [1.54, 1.807) is 6.07 Å². The average Bonchev–Trinajstić information content (AvgIpc) is 2.58. The molecule has 0 radical (unpaired) electrons. The molecule has 2 atom stereocenters. The fourth-order valence-corrected chi connectivity index (χ4v) is 3.17. The van der Waals surface area contributed by atoms with Crippen molar-refractivity contribution >= 4 is 29.7 Å². The lowest BCUT2D eigenvalue weighted by Crippen LogP contribution is -2.53. The van der Waals surface area contributed by atoms with Gasteiger partial charge in [0.25, 0.3) is 6.47 Å². The van der Waals surface area contributed by atoms with Gasteiger partial charge in [-0.3, -0.25) is 4.79 Å². The maximum Gasteiger partial charge on any atom is 0.290 e. The molecule has 0 bridgehead atoms. The number of nitrogens with two attached hydrogens (primary N) is 1. The van der Waals surface area contributed by atoms with Crippen LogP contribution in [0.25, 0.3) is 11.1 Å². The first-order chi connectivity index (χ1) is 11.9. The van der Waals surface area contributed by atoms with Crippen LogP contribution in [-0.2, 0) is 15.1 Å². The molecule has 1 saturated heterocycles. The lowest BCUT2D eigenvalue weighted by molar-refractivity contribution is -0.122. The Kier molecular flexibility index (Phi) is 6.81. The molecule has 1 heterocycles. The number of carboxylic acid groups (broad SMARTS) is 1. The van der Waals surface area contributed by atoms with Gasteiger partial charge in [0.1, 0.15) is 11.8 Å². The van der Waals surface area contributed by atoms with Crippen molar-refractivity contribution in [2.75, 3.05) is 13.1 Å². The summed E-state index contributed by atoms with van der Waals surface area (Å²) in [5.74, 6) is 0. The van der Waals surface area contributed by atoms with Gasteiger partial charge in [-0.15, -0.1) is 0 Å². The van der Waals surface area contributed by atoms with E-state index >= 15 is 0 Å². The summed E-state index contributed by atoms with van der Waals surface area (Å²) in [6.07, 6.45) is -0.308. The lowest BCUT2D eigenvalue weighted by atomic mass is 9.91. The Hall–Kier alpha value is -1.63. The van der Waals surface area contributed by atoms with Crippen molar-refractivity contribution in [1.82, 2.24) is 5.32 Å². The summed E-state index contributed by atoms with van der Waals surface area (Å²) in [5.41, 5.74) is 8.44. The predicted molar refractivity (Wildman–Crippen MR) is 99.9 cm³/mol. The molecule has 1 fully saturated rings. The Balaban J connectivity index is 0.000000701. The van der Waals surface area contributed by atoms with Gasteiger partial charge in [0.2, 0.25) is 0 Å². The molecule has 3 rings (SSSR count). The second kappa shape index (κ2) is 8.65. The zero-order valence-electron chi connectivity index (χ0n) is 13.7. The highest BCUT2D eigenvalue weighted by atomic mass is 35.5. The summed E-state index contributed by atoms with van der Waals surface area (Å²) in [7, 11) is 0. The van der Waals surface area contributed by atoms with E-state index < -0.39 is 5.60 Å². The van der Waals surface area contributed by atoms with Crippen LogP contribution in [0.2, 0.25) is 10.0 Å². The standard InChI is InChI=1S/C17H18Cl2N2O.CH2O2/c1-17(10-21-9-16(20)22-17)12-4-2-3-11(7-12)14-8-13(18)5-6-15(14)19;2-1-3/h2-8,16,21H,9-10,20H2,1H3;1H,(H,2,3). The third-order valence-electron chi connectivity index (χ3n) is 3.93. The molecular weight excluding hydrogens is 363 g/mol. The highest BCUT2D eigenvalue weighted by molar-refractivity contribution is 6.35. The molecule has 0 aromatic heterocycles.